The molecule has 0 aliphatic rings. The monoisotopic (exact) mass is 381 g/mol. The topological polar surface area (TPSA) is 63.2 Å². The van der Waals surface area contributed by atoms with E-state index < -0.39 is 0 Å². The summed E-state index contributed by atoms with van der Waals surface area (Å²) in [6.45, 7) is 0.723. The second-order valence-corrected chi connectivity index (χ2v) is 6.36. The summed E-state index contributed by atoms with van der Waals surface area (Å²) in [5, 5.41) is 6.86. The molecule has 1 heterocycles. The molecular formula is C21H20ClN3O2. The lowest BCUT2D eigenvalue weighted by Crippen LogP contribution is -2.14. The Balaban J connectivity index is 1.60. The molecule has 0 saturated carbocycles. The van der Waals surface area contributed by atoms with E-state index >= 15 is 0 Å². The highest BCUT2D eigenvalue weighted by atomic mass is 35.5. The van der Waals surface area contributed by atoms with Gasteiger partial charge in [-0.2, -0.15) is 0 Å². The third-order valence-electron chi connectivity index (χ3n) is 4.01. The number of carbonyl (C=O) groups excluding carboxylic acids is 1. The maximum absolute atomic E-state index is 12.5. The Labute approximate surface area is 163 Å². The number of halogens is 1. The molecule has 0 saturated heterocycles. The molecule has 0 spiro atoms. The molecule has 0 unspecified atom stereocenters. The van der Waals surface area contributed by atoms with Gasteiger partial charge in [0, 0.05) is 24.0 Å². The summed E-state index contributed by atoms with van der Waals surface area (Å²) in [6, 6.07) is 16.8. The van der Waals surface area contributed by atoms with Crippen molar-refractivity contribution >= 4 is 28.9 Å². The molecule has 0 bridgehead atoms. The van der Waals surface area contributed by atoms with Gasteiger partial charge in [-0.05, 0) is 42.3 Å². The number of hydrogen-bond donors (Lipinski definition) is 2. The van der Waals surface area contributed by atoms with E-state index in [4.69, 9.17) is 16.3 Å². The zero-order valence-corrected chi connectivity index (χ0v) is 15.7. The van der Waals surface area contributed by atoms with Crippen LogP contribution in [-0.4, -0.2) is 24.5 Å². The predicted molar refractivity (Wildman–Crippen MR) is 109 cm³/mol. The summed E-state index contributed by atoms with van der Waals surface area (Å²) < 4.78 is 5.26. The molecule has 5 nitrogen and oxygen atoms in total. The highest BCUT2D eigenvalue weighted by molar-refractivity contribution is 6.30. The van der Waals surface area contributed by atoms with Crippen molar-refractivity contribution in [2.75, 3.05) is 24.3 Å². The zero-order chi connectivity index (χ0) is 19.1. The minimum absolute atomic E-state index is 0.242. The van der Waals surface area contributed by atoms with Gasteiger partial charge in [0.15, 0.2) is 0 Å². The molecule has 0 radical (unpaired) electrons. The van der Waals surface area contributed by atoms with E-state index in [2.05, 4.69) is 15.6 Å². The van der Waals surface area contributed by atoms with Crippen LogP contribution < -0.4 is 15.4 Å². The van der Waals surface area contributed by atoms with Crippen LogP contribution in [0.1, 0.15) is 15.9 Å². The van der Waals surface area contributed by atoms with E-state index in [0.717, 1.165) is 23.7 Å². The Hall–Kier alpha value is -3.05. The third-order valence-corrected chi connectivity index (χ3v) is 4.26. The van der Waals surface area contributed by atoms with Gasteiger partial charge < -0.3 is 15.4 Å². The Kier molecular flexibility index (Phi) is 6.28. The van der Waals surface area contributed by atoms with Crippen LogP contribution in [0, 0.1) is 0 Å². The largest absolute Gasteiger partial charge is 0.495 e. The molecule has 3 rings (SSSR count). The van der Waals surface area contributed by atoms with Crippen molar-refractivity contribution in [3.05, 3.63) is 83.1 Å². The SMILES string of the molecule is COc1ccccc1NC(=O)c1cncc(NCCc2ccc(Cl)cc2)c1. The lowest BCUT2D eigenvalue weighted by molar-refractivity contribution is 0.102. The van der Waals surface area contributed by atoms with Gasteiger partial charge >= 0.3 is 0 Å². The number of amides is 1. The highest BCUT2D eigenvalue weighted by Crippen LogP contribution is 2.23. The minimum Gasteiger partial charge on any atom is -0.495 e. The summed E-state index contributed by atoms with van der Waals surface area (Å²) in [6.07, 6.45) is 4.08. The number of methoxy groups -OCH3 is 1. The number of benzene rings is 2. The number of para-hydroxylation sites is 2. The van der Waals surface area contributed by atoms with Crippen molar-refractivity contribution in [1.29, 1.82) is 0 Å². The first-order valence-corrected chi connectivity index (χ1v) is 8.91. The number of pyridine rings is 1. The van der Waals surface area contributed by atoms with E-state index in [1.807, 2.05) is 36.4 Å². The molecule has 0 fully saturated rings. The molecule has 6 heteroatoms. The molecule has 3 aromatic rings. The van der Waals surface area contributed by atoms with Crippen molar-refractivity contribution in [1.82, 2.24) is 4.98 Å². The van der Waals surface area contributed by atoms with Gasteiger partial charge in [-0.1, -0.05) is 35.9 Å². The van der Waals surface area contributed by atoms with E-state index in [0.29, 0.717) is 17.0 Å². The molecule has 1 aromatic heterocycles. The van der Waals surface area contributed by atoms with E-state index in [1.54, 1.807) is 31.5 Å². The van der Waals surface area contributed by atoms with E-state index in [-0.39, 0.29) is 5.91 Å². The standard InChI is InChI=1S/C21H20ClN3O2/c1-27-20-5-3-2-4-19(20)25-21(26)16-12-18(14-23-13-16)24-11-10-15-6-8-17(22)9-7-15/h2-9,12-14,24H,10-11H2,1H3,(H,25,26). The number of hydrogen-bond acceptors (Lipinski definition) is 4. The van der Waals surface area contributed by atoms with Gasteiger partial charge in [0.05, 0.1) is 24.0 Å². The van der Waals surface area contributed by atoms with Crippen molar-refractivity contribution in [3.63, 3.8) is 0 Å². The molecule has 27 heavy (non-hydrogen) atoms. The normalized spacial score (nSPS) is 10.3. The second kappa shape index (κ2) is 9.05. The van der Waals surface area contributed by atoms with Crippen LogP contribution >= 0.6 is 11.6 Å². The number of nitrogens with zero attached hydrogens (tertiary/aromatic N) is 1. The maximum Gasteiger partial charge on any atom is 0.257 e. The van der Waals surface area contributed by atoms with Crippen LogP contribution in [0.15, 0.2) is 67.0 Å². The van der Waals surface area contributed by atoms with Crippen LogP contribution in [0.25, 0.3) is 0 Å². The third kappa shape index (κ3) is 5.21. The smallest absolute Gasteiger partial charge is 0.257 e. The summed E-state index contributed by atoms with van der Waals surface area (Å²) in [4.78, 5) is 16.7. The lowest BCUT2D eigenvalue weighted by atomic mass is 10.1. The first-order valence-electron chi connectivity index (χ1n) is 8.53. The first kappa shape index (κ1) is 18.7. The van der Waals surface area contributed by atoms with Crippen molar-refractivity contribution in [2.45, 2.75) is 6.42 Å². The summed E-state index contributed by atoms with van der Waals surface area (Å²) in [7, 11) is 1.57. The zero-order valence-electron chi connectivity index (χ0n) is 14.9. The molecule has 0 aliphatic carbocycles. The van der Waals surface area contributed by atoms with Crippen LogP contribution in [0.5, 0.6) is 5.75 Å². The van der Waals surface area contributed by atoms with Gasteiger partial charge in [-0.3, -0.25) is 9.78 Å². The molecular weight excluding hydrogens is 362 g/mol. The lowest BCUT2D eigenvalue weighted by Gasteiger charge is -2.11. The van der Waals surface area contributed by atoms with E-state index in [1.165, 1.54) is 11.8 Å². The fraction of sp³-hybridized carbons (Fsp3) is 0.143. The van der Waals surface area contributed by atoms with Gasteiger partial charge in [0.2, 0.25) is 0 Å². The number of rotatable bonds is 7. The summed E-state index contributed by atoms with van der Waals surface area (Å²) in [5.74, 6) is 0.365. The van der Waals surface area contributed by atoms with E-state index in [9.17, 15) is 4.79 Å². The molecule has 2 N–H and O–H groups in total. The molecule has 0 aliphatic heterocycles. The Bertz CT molecular complexity index is 913. The Morgan fingerprint density at radius 2 is 1.89 bits per heavy atom. The summed E-state index contributed by atoms with van der Waals surface area (Å²) >= 11 is 5.90. The average Bonchev–Trinajstić information content (AvgIpc) is 2.70. The van der Waals surface area contributed by atoms with Gasteiger partial charge in [0.1, 0.15) is 5.75 Å². The molecule has 0 atom stereocenters. The number of ether oxygens (including phenoxy) is 1. The van der Waals surface area contributed by atoms with Gasteiger partial charge in [-0.25, -0.2) is 0 Å². The van der Waals surface area contributed by atoms with Crippen LogP contribution in [0.3, 0.4) is 0 Å². The fourth-order valence-electron chi connectivity index (χ4n) is 2.61. The molecule has 138 valence electrons. The van der Waals surface area contributed by atoms with Crippen LogP contribution in [0.2, 0.25) is 5.02 Å². The minimum atomic E-state index is -0.242. The fourth-order valence-corrected chi connectivity index (χ4v) is 2.73. The van der Waals surface area contributed by atoms with Crippen LogP contribution in [-0.2, 0) is 6.42 Å². The number of carbonyl (C=O) groups is 1. The Morgan fingerprint density at radius 1 is 1.11 bits per heavy atom. The number of nitrogens with one attached hydrogen (secondary N) is 2. The van der Waals surface area contributed by atoms with Crippen molar-refractivity contribution < 1.29 is 9.53 Å². The second-order valence-electron chi connectivity index (χ2n) is 5.92. The first-order chi connectivity index (χ1) is 13.2. The van der Waals surface area contributed by atoms with Crippen molar-refractivity contribution in [2.24, 2.45) is 0 Å². The number of anilines is 2. The van der Waals surface area contributed by atoms with Gasteiger partial charge in [-0.15, -0.1) is 0 Å². The van der Waals surface area contributed by atoms with Crippen molar-refractivity contribution in [3.8, 4) is 5.75 Å². The molecule has 1 amide bonds. The average molecular weight is 382 g/mol. The quantitative estimate of drug-likeness (QED) is 0.625. The van der Waals surface area contributed by atoms with Crippen LogP contribution in [0.4, 0.5) is 11.4 Å². The summed E-state index contributed by atoms with van der Waals surface area (Å²) in [5.41, 5.74) is 3.06. The predicted octanol–water partition coefficient (Wildman–Crippen LogP) is 4.65. The van der Waals surface area contributed by atoms with Gasteiger partial charge in [0.25, 0.3) is 5.91 Å². The molecule has 2 aromatic carbocycles. The Morgan fingerprint density at radius 3 is 2.67 bits per heavy atom. The number of aromatic nitrogens is 1. The maximum atomic E-state index is 12.5. The highest BCUT2D eigenvalue weighted by Gasteiger charge is 2.10.